The molecule has 0 radical (unpaired) electrons. The third-order valence-corrected chi connectivity index (χ3v) is 6.73. The highest BCUT2D eigenvalue weighted by Crippen LogP contribution is 2.38. The Hall–Kier alpha value is -1.94. The Bertz CT molecular complexity index is 700. The first-order valence-corrected chi connectivity index (χ1v) is 11.0. The third kappa shape index (κ3) is 4.32. The van der Waals surface area contributed by atoms with Crippen molar-refractivity contribution in [1.82, 2.24) is 0 Å². The number of hydrogen-bond acceptors (Lipinski definition) is 4. The van der Waals surface area contributed by atoms with Crippen LogP contribution in [-0.2, 0) is 4.79 Å². The molecular weight excluding hydrogens is 352 g/mol. The van der Waals surface area contributed by atoms with Crippen LogP contribution in [-0.4, -0.2) is 31.3 Å². The van der Waals surface area contributed by atoms with Crippen molar-refractivity contribution in [1.29, 1.82) is 0 Å². The fourth-order valence-electron chi connectivity index (χ4n) is 4.17. The number of carbonyl (C=O) groups excluding carboxylic acids is 1. The Morgan fingerprint density at radius 1 is 0.741 bits per heavy atom. The molecule has 2 aromatic carbocycles. The molecule has 2 fully saturated rings. The molecule has 2 aliphatic heterocycles. The summed E-state index contributed by atoms with van der Waals surface area (Å²) in [5, 5.41) is 0.218. The van der Waals surface area contributed by atoms with Crippen molar-refractivity contribution in [3.63, 3.8) is 0 Å². The SMILES string of the molecule is CC(=O)SC(c1ccc(N2CCCC2)cc1)c1ccc(N2CCCC2)cc1. The van der Waals surface area contributed by atoms with Crippen LogP contribution in [0.2, 0.25) is 0 Å². The molecule has 2 heterocycles. The quantitative estimate of drug-likeness (QED) is 0.706. The van der Waals surface area contributed by atoms with Gasteiger partial charge in [0.05, 0.1) is 5.25 Å². The topological polar surface area (TPSA) is 23.6 Å². The zero-order valence-electron chi connectivity index (χ0n) is 16.1. The first-order chi connectivity index (χ1) is 13.2. The van der Waals surface area contributed by atoms with E-state index in [2.05, 4.69) is 58.3 Å². The van der Waals surface area contributed by atoms with Crippen molar-refractivity contribution < 1.29 is 4.79 Å². The van der Waals surface area contributed by atoms with Crippen LogP contribution >= 0.6 is 11.8 Å². The number of carbonyl (C=O) groups is 1. The lowest BCUT2D eigenvalue weighted by Gasteiger charge is -2.22. The van der Waals surface area contributed by atoms with E-state index >= 15 is 0 Å². The molecule has 3 nitrogen and oxygen atoms in total. The van der Waals surface area contributed by atoms with Crippen LogP contribution in [0.15, 0.2) is 48.5 Å². The van der Waals surface area contributed by atoms with Crippen molar-refractivity contribution in [3.8, 4) is 0 Å². The van der Waals surface area contributed by atoms with E-state index in [1.807, 2.05) is 0 Å². The van der Waals surface area contributed by atoms with Gasteiger partial charge in [-0.1, -0.05) is 36.0 Å². The van der Waals surface area contributed by atoms with Gasteiger partial charge in [-0.15, -0.1) is 0 Å². The summed E-state index contributed by atoms with van der Waals surface area (Å²) in [6.45, 7) is 6.28. The maximum absolute atomic E-state index is 11.9. The Kier molecular flexibility index (Phi) is 5.72. The summed E-state index contributed by atoms with van der Waals surface area (Å²) >= 11 is 1.42. The van der Waals surface area contributed by atoms with Gasteiger partial charge in [0, 0.05) is 44.5 Å². The highest BCUT2D eigenvalue weighted by atomic mass is 32.2. The van der Waals surface area contributed by atoms with Gasteiger partial charge < -0.3 is 9.80 Å². The lowest BCUT2D eigenvalue weighted by atomic mass is 10.0. The molecule has 0 N–H and O–H groups in total. The summed E-state index contributed by atoms with van der Waals surface area (Å²) in [5.74, 6) is 0. The Morgan fingerprint density at radius 3 is 1.44 bits per heavy atom. The normalized spacial score (nSPS) is 17.1. The fourth-order valence-corrected chi connectivity index (χ4v) is 5.08. The van der Waals surface area contributed by atoms with E-state index in [0.29, 0.717) is 0 Å². The number of anilines is 2. The molecule has 0 unspecified atom stereocenters. The number of nitrogens with zero attached hydrogens (tertiary/aromatic N) is 2. The summed E-state index contributed by atoms with van der Waals surface area (Å²) in [6, 6.07) is 17.6. The number of rotatable bonds is 5. The largest absolute Gasteiger partial charge is 0.372 e. The number of benzene rings is 2. The molecule has 2 saturated heterocycles. The molecule has 4 rings (SSSR count). The minimum absolute atomic E-state index is 0.0581. The van der Waals surface area contributed by atoms with E-state index in [1.54, 1.807) is 6.92 Å². The first kappa shape index (κ1) is 18.4. The van der Waals surface area contributed by atoms with Crippen molar-refractivity contribution in [2.24, 2.45) is 0 Å². The lowest BCUT2D eigenvalue weighted by Crippen LogP contribution is -2.17. The molecule has 0 aliphatic carbocycles. The van der Waals surface area contributed by atoms with Gasteiger partial charge in [-0.05, 0) is 61.1 Å². The van der Waals surface area contributed by atoms with Gasteiger partial charge in [0.1, 0.15) is 0 Å². The van der Waals surface area contributed by atoms with E-state index in [-0.39, 0.29) is 10.4 Å². The van der Waals surface area contributed by atoms with Gasteiger partial charge in [0.25, 0.3) is 0 Å². The molecule has 0 bridgehead atoms. The van der Waals surface area contributed by atoms with Gasteiger partial charge in [-0.25, -0.2) is 0 Å². The maximum atomic E-state index is 11.9. The van der Waals surface area contributed by atoms with E-state index < -0.39 is 0 Å². The number of hydrogen-bond donors (Lipinski definition) is 0. The molecule has 0 aromatic heterocycles. The van der Waals surface area contributed by atoms with Crippen LogP contribution < -0.4 is 9.80 Å². The van der Waals surface area contributed by atoms with Crippen molar-refractivity contribution in [3.05, 3.63) is 59.7 Å². The average Bonchev–Trinajstić information content (AvgIpc) is 3.40. The second-order valence-corrected chi connectivity index (χ2v) is 8.84. The summed E-state index contributed by atoms with van der Waals surface area (Å²) in [7, 11) is 0. The van der Waals surface area contributed by atoms with Crippen molar-refractivity contribution in [2.75, 3.05) is 36.0 Å². The van der Waals surface area contributed by atoms with Crippen LogP contribution in [0.25, 0.3) is 0 Å². The summed E-state index contributed by atoms with van der Waals surface area (Å²) in [5.41, 5.74) is 5.00. The van der Waals surface area contributed by atoms with Crippen LogP contribution in [0.5, 0.6) is 0 Å². The molecule has 0 atom stereocenters. The van der Waals surface area contributed by atoms with Crippen molar-refractivity contribution in [2.45, 2.75) is 37.9 Å². The van der Waals surface area contributed by atoms with Crippen LogP contribution in [0.4, 0.5) is 11.4 Å². The van der Waals surface area contributed by atoms with Gasteiger partial charge >= 0.3 is 0 Å². The molecule has 2 aromatic rings. The molecule has 0 spiro atoms. The smallest absolute Gasteiger partial charge is 0.186 e. The molecular formula is C23H28N2OS. The second-order valence-electron chi connectivity index (χ2n) is 7.56. The van der Waals surface area contributed by atoms with Crippen LogP contribution in [0, 0.1) is 0 Å². The zero-order valence-corrected chi connectivity index (χ0v) is 16.9. The fraction of sp³-hybridized carbons (Fsp3) is 0.435. The van der Waals surface area contributed by atoms with E-state index in [9.17, 15) is 4.79 Å². The van der Waals surface area contributed by atoms with E-state index in [0.717, 1.165) is 26.2 Å². The molecule has 0 amide bonds. The van der Waals surface area contributed by atoms with Crippen LogP contribution in [0.1, 0.15) is 49.0 Å². The monoisotopic (exact) mass is 380 g/mol. The highest BCUT2D eigenvalue weighted by molar-refractivity contribution is 8.13. The Morgan fingerprint density at radius 2 is 1.11 bits per heavy atom. The lowest BCUT2D eigenvalue weighted by molar-refractivity contribution is -0.109. The molecule has 2 aliphatic rings. The van der Waals surface area contributed by atoms with Gasteiger partial charge in [0.2, 0.25) is 0 Å². The van der Waals surface area contributed by atoms with Gasteiger partial charge in [0.15, 0.2) is 5.12 Å². The minimum atomic E-state index is 0.0581. The maximum Gasteiger partial charge on any atom is 0.186 e. The molecule has 0 saturated carbocycles. The summed E-state index contributed by atoms with van der Waals surface area (Å²) in [4.78, 5) is 16.8. The van der Waals surface area contributed by atoms with Crippen molar-refractivity contribution >= 4 is 28.3 Å². The van der Waals surface area contributed by atoms with Crippen LogP contribution in [0.3, 0.4) is 0 Å². The average molecular weight is 381 g/mol. The van der Waals surface area contributed by atoms with Gasteiger partial charge in [-0.2, -0.15) is 0 Å². The Balaban J connectivity index is 1.56. The van der Waals surface area contributed by atoms with Gasteiger partial charge in [-0.3, -0.25) is 4.79 Å². The third-order valence-electron chi connectivity index (χ3n) is 5.62. The molecule has 142 valence electrons. The van der Waals surface area contributed by atoms with E-state index in [4.69, 9.17) is 0 Å². The second kappa shape index (κ2) is 8.39. The summed E-state index contributed by atoms with van der Waals surface area (Å²) in [6.07, 6.45) is 5.14. The summed E-state index contributed by atoms with van der Waals surface area (Å²) < 4.78 is 0. The zero-order chi connectivity index (χ0) is 18.6. The minimum Gasteiger partial charge on any atom is -0.372 e. The molecule has 4 heteroatoms. The number of thioether (sulfide) groups is 1. The highest BCUT2D eigenvalue weighted by Gasteiger charge is 2.19. The molecule has 27 heavy (non-hydrogen) atoms. The Labute approximate surface area is 166 Å². The standard InChI is InChI=1S/C23H28N2OS/c1-18(26)27-23(19-6-10-21(11-7-19)24-14-2-3-15-24)20-8-12-22(13-9-20)25-16-4-5-17-25/h6-13,23H,2-5,14-17H2,1H3. The first-order valence-electron chi connectivity index (χ1n) is 10.1. The van der Waals surface area contributed by atoms with E-state index in [1.165, 1.54) is 59.9 Å². The predicted octanol–water partition coefficient (Wildman–Crippen LogP) is 5.26. The predicted molar refractivity (Wildman–Crippen MR) is 116 cm³/mol.